The molecule has 9 heteroatoms. The van der Waals surface area contributed by atoms with Crippen LogP contribution < -0.4 is 5.32 Å². The van der Waals surface area contributed by atoms with Crippen molar-refractivity contribution < 1.29 is 22.0 Å². The third-order valence-electron chi connectivity index (χ3n) is 5.09. The van der Waals surface area contributed by atoms with Crippen LogP contribution in [0.25, 0.3) is 0 Å². The predicted molar refractivity (Wildman–Crippen MR) is 106 cm³/mol. The predicted octanol–water partition coefficient (Wildman–Crippen LogP) is 2.53. The van der Waals surface area contributed by atoms with Crippen LogP contribution in [0.1, 0.15) is 11.1 Å². The topological polar surface area (TPSA) is 69.7 Å². The van der Waals surface area contributed by atoms with Gasteiger partial charge in [-0.15, -0.1) is 0 Å². The van der Waals surface area contributed by atoms with Crippen molar-refractivity contribution in [2.45, 2.75) is 18.7 Å². The van der Waals surface area contributed by atoms with E-state index in [9.17, 15) is 22.0 Å². The van der Waals surface area contributed by atoms with Crippen LogP contribution in [0.15, 0.2) is 41.3 Å². The molecule has 1 aliphatic heterocycles. The molecule has 0 radical (unpaired) electrons. The van der Waals surface area contributed by atoms with Crippen LogP contribution in [0.4, 0.5) is 14.5 Å². The second-order valence-electron chi connectivity index (χ2n) is 7.03. The molecule has 0 unspecified atom stereocenters. The van der Waals surface area contributed by atoms with Gasteiger partial charge in [-0.3, -0.25) is 9.69 Å². The van der Waals surface area contributed by atoms with Gasteiger partial charge in [0.1, 0.15) is 11.6 Å². The van der Waals surface area contributed by atoms with Crippen molar-refractivity contribution in [2.24, 2.45) is 0 Å². The standard InChI is InChI=1S/C20H23F2N3O3S/c1-14-5-3-8-18(15(14)2)23-19(26)13-24-9-11-25(12-10-24)29(27,28)20-16(21)6-4-7-17(20)22/h3-8H,9-13H2,1-2H3,(H,23,26). The highest BCUT2D eigenvalue weighted by Gasteiger charge is 2.33. The number of rotatable bonds is 5. The van der Waals surface area contributed by atoms with Crippen molar-refractivity contribution in [3.05, 3.63) is 59.2 Å². The Morgan fingerprint density at radius 3 is 2.21 bits per heavy atom. The number of benzene rings is 2. The Balaban J connectivity index is 1.60. The lowest BCUT2D eigenvalue weighted by atomic mass is 10.1. The minimum Gasteiger partial charge on any atom is -0.325 e. The molecule has 0 bridgehead atoms. The van der Waals surface area contributed by atoms with Crippen molar-refractivity contribution in [3.8, 4) is 0 Å². The maximum absolute atomic E-state index is 13.9. The fourth-order valence-corrected chi connectivity index (χ4v) is 4.80. The van der Waals surface area contributed by atoms with E-state index >= 15 is 0 Å². The molecule has 1 heterocycles. The Labute approximate surface area is 169 Å². The fourth-order valence-electron chi connectivity index (χ4n) is 3.27. The van der Waals surface area contributed by atoms with E-state index in [2.05, 4.69) is 5.32 Å². The average Bonchev–Trinajstić information content (AvgIpc) is 2.65. The third-order valence-corrected chi connectivity index (χ3v) is 7.04. The van der Waals surface area contributed by atoms with Gasteiger partial charge in [-0.25, -0.2) is 17.2 Å². The molecule has 0 spiro atoms. The summed E-state index contributed by atoms with van der Waals surface area (Å²) in [7, 11) is -4.28. The molecule has 1 aliphatic rings. The Hall–Kier alpha value is -2.36. The van der Waals surface area contributed by atoms with E-state index in [0.717, 1.165) is 39.3 Å². The van der Waals surface area contributed by atoms with Gasteiger partial charge >= 0.3 is 0 Å². The average molecular weight is 423 g/mol. The Kier molecular flexibility index (Phi) is 6.30. The fraction of sp³-hybridized carbons (Fsp3) is 0.350. The normalized spacial score (nSPS) is 16.0. The maximum Gasteiger partial charge on any atom is 0.249 e. The number of aryl methyl sites for hydroxylation is 1. The van der Waals surface area contributed by atoms with Gasteiger partial charge in [-0.1, -0.05) is 18.2 Å². The molecule has 0 aliphatic carbocycles. The molecule has 0 saturated carbocycles. The first-order valence-electron chi connectivity index (χ1n) is 9.22. The number of piperazine rings is 1. The number of hydrogen-bond donors (Lipinski definition) is 1. The third kappa shape index (κ3) is 4.63. The van der Waals surface area contributed by atoms with Gasteiger partial charge < -0.3 is 5.32 Å². The summed E-state index contributed by atoms with van der Waals surface area (Å²) in [6.07, 6.45) is 0. The Morgan fingerprint density at radius 2 is 1.59 bits per heavy atom. The number of nitrogens with zero attached hydrogens (tertiary/aromatic N) is 2. The van der Waals surface area contributed by atoms with Crippen LogP contribution in [-0.2, 0) is 14.8 Å². The first-order chi connectivity index (χ1) is 13.7. The van der Waals surface area contributed by atoms with Gasteiger partial charge in [-0.05, 0) is 43.2 Å². The summed E-state index contributed by atoms with van der Waals surface area (Å²) in [5, 5.41) is 2.87. The summed E-state index contributed by atoms with van der Waals surface area (Å²) in [6.45, 7) is 4.67. The lowest BCUT2D eigenvalue weighted by Gasteiger charge is -2.33. The minimum atomic E-state index is -4.28. The van der Waals surface area contributed by atoms with Crippen molar-refractivity contribution in [1.82, 2.24) is 9.21 Å². The lowest BCUT2D eigenvalue weighted by molar-refractivity contribution is -0.117. The molecular weight excluding hydrogens is 400 g/mol. The van der Waals surface area contributed by atoms with Gasteiger partial charge in [0.05, 0.1) is 6.54 Å². The van der Waals surface area contributed by atoms with Crippen molar-refractivity contribution in [2.75, 3.05) is 38.0 Å². The molecule has 0 aromatic heterocycles. The highest BCUT2D eigenvalue weighted by molar-refractivity contribution is 7.89. The molecule has 1 amide bonds. The maximum atomic E-state index is 13.9. The summed E-state index contributed by atoms with van der Waals surface area (Å²) in [4.78, 5) is 13.2. The zero-order valence-electron chi connectivity index (χ0n) is 16.3. The summed E-state index contributed by atoms with van der Waals surface area (Å²) >= 11 is 0. The Morgan fingerprint density at radius 1 is 1.00 bits per heavy atom. The second-order valence-corrected chi connectivity index (χ2v) is 8.90. The molecule has 0 atom stereocenters. The van der Waals surface area contributed by atoms with Crippen molar-refractivity contribution in [1.29, 1.82) is 0 Å². The molecule has 1 fully saturated rings. The molecule has 3 rings (SSSR count). The first-order valence-corrected chi connectivity index (χ1v) is 10.7. The Bertz CT molecular complexity index is 999. The van der Waals surface area contributed by atoms with E-state index in [0.29, 0.717) is 0 Å². The molecule has 6 nitrogen and oxygen atoms in total. The van der Waals surface area contributed by atoms with E-state index in [1.54, 1.807) is 0 Å². The van der Waals surface area contributed by atoms with E-state index in [1.807, 2.05) is 36.9 Å². The monoisotopic (exact) mass is 423 g/mol. The quantitative estimate of drug-likeness (QED) is 0.803. The van der Waals surface area contributed by atoms with E-state index in [4.69, 9.17) is 0 Å². The van der Waals surface area contributed by atoms with Gasteiger partial charge in [0.25, 0.3) is 0 Å². The molecule has 29 heavy (non-hydrogen) atoms. The highest BCUT2D eigenvalue weighted by atomic mass is 32.2. The van der Waals surface area contributed by atoms with Crippen LogP contribution in [0.5, 0.6) is 0 Å². The van der Waals surface area contributed by atoms with Crippen LogP contribution >= 0.6 is 0 Å². The zero-order valence-corrected chi connectivity index (χ0v) is 17.1. The molecule has 2 aromatic rings. The number of nitrogens with one attached hydrogen (secondary N) is 1. The number of sulfonamides is 1. The minimum absolute atomic E-state index is 0.0485. The number of carbonyl (C=O) groups is 1. The van der Waals surface area contributed by atoms with Crippen LogP contribution in [0.2, 0.25) is 0 Å². The highest BCUT2D eigenvalue weighted by Crippen LogP contribution is 2.23. The number of amides is 1. The molecule has 156 valence electrons. The first kappa shape index (κ1) is 21.4. The van der Waals surface area contributed by atoms with Crippen molar-refractivity contribution >= 4 is 21.6 Å². The van der Waals surface area contributed by atoms with Gasteiger partial charge in [-0.2, -0.15) is 4.31 Å². The number of halogens is 2. The smallest absolute Gasteiger partial charge is 0.249 e. The van der Waals surface area contributed by atoms with Gasteiger partial charge in [0, 0.05) is 31.9 Å². The van der Waals surface area contributed by atoms with E-state index < -0.39 is 26.6 Å². The van der Waals surface area contributed by atoms with Crippen LogP contribution in [0, 0.1) is 25.5 Å². The van der Waals surface area contributed by atoms with Gasteiger partial charge in [0.2, 0.25) is 15.9 Å². The summed E-state index contributed by atoms with van der Waals surface area (Å²) in [6, 6.07) is 8.62. The molecule has 1 N–H and O–H groups in total. The van der Waals surface area contributed by atoms with E-state index in [-0.39, 0.29) is 38.6 Å². The molecule has 1 saturated heterocycles. The van der Waals surface area contributed by atoms with E-state index in [1.165, 1.54) is 0 Å². The second kappa shape index (κ2) is 8.56. The number of anilines is 1. The number of carbonyl (C=O) groups excluding carboxylic acids is 1. The zero-order chi connectivity index (χ0) is 21.2. The SMILES string of the molecule is Cc1cccc(NC(=O)CN2CCN(S(=O)(=O)c3c(F)cccc3F)CC2)c1C. The molecule has 2 aromatic carbocycles. The van der Waals surface area contributed by atoms with Crippen LogP contribution in [0.3, 0.4) is 0 Å². The largest absolute Gasteiger partial charge is 0.325 e. The lowest BCUT2D eigenvalue weighted by Crippen LogP contribution is -2.50. The summed E-state index contributed by atoms with van der Waals surface area (Å²) < 4.78 is 54.1. The van der Waals surface area contributed by atoms with Crippen LogP contribution in [-0.4, -0.2) is 56.3 Å². The number of hydrogen-bond acceptors (Lipinski definition) is 4. The molecular formula is C20H23F2N3O3S. The summed E-state index contributed by atoms with van der Waals surface area (Å²) in [5.41, 5.74) is 2.80. The van der Waals surface area contributed by atoms with Crippen molar-refractivity contribution in [3.63, 3.8) is 0 Å². The van der Waals surface area contributed by atoms with Gasteiger partial charge in [0.15, 0.2) is 4.90 Å². The summed E-state index contributed by atoms with van der Waals surface area (Å²) in [5.74, 6) is -2.42.